The van der Waals surface area contributed by atoms with Crippen molar-refractivity contribution >= 4 is 21.9 Å². The molecule has 1 aromatic rings. The molecule has 9 heteroatoms. The van der Waals surface area contributed by atoms with E-state index in [1.807, 2.05) is 0 Å². The zero-order chi connectivity index (χ0) is 19.6. The van der Waals surface area contributed by atoms with Gasteiger partial charge in [-0.3, -0.25) is 9.59 Å². The average Bonchev–Trinajstić information content (AvgIpc) is 3.18. The number of aliphatic carboxylic acids is 1. The predicted octanol–water partition coefficient (Wildman–Crippen LogP) is 1.03. The van der Waals surface area contributed by atoms with Crippen molar-refractivity contribution in [2.75, 3.05) is 33.3 Å². The largest absolute Gasteiger partial charge is 0.497 e. The van der Waals surface area contributed by atoms with Crippen LogP contribution in [-0.4, -0.2) is 67.9 Å². The highest BCUT2D eigenvalue weighted by Crippen LogP contribution is 2.32. The molecule has 1 aromatic carbocycles. The molecule has 1 heterocycles. The van der Waals surface area contributed by atoms with Crippen molar-refractivity contribution in [2.24, 2.45) is 11.8 Å². The number of methoxy groups -OCH3 is 1. The number of carbonyl (C=O) groups is 2. The predicted molar refractivity (Wildman–Crippen MR) is 96.8 cm³/mol. The van der Waals surface area contributed by atoms with Crippen molar-refractivity contribution < 1.29 is 27.9 Å². The molecule has 148 valence electrons. The van der Waals surface area contributed by atoms with E-state index >= 15 is 0 Å². The zero-order valence-electron chi connectivity index (χ0n) is 15.2. The van der Waals surface area contributed by atoms with E-state index in [0.717, 1.165) is 0 Å². The molecular formula is C18H24N2O6S. The number of sulfonamides is 1. The second-order valence-electron chi connectivity index (χ2n) is 6.95. The zero-order valence-corrected chi connectivity index (χ0v) is 16.0. The third kappa shape index (κ3) is 4.08. The van der Waals surface area contributed by atoms with Gasteiger partial charge in [0.15, 0.2) is 0 Å². The number of ether oxygens (including phenoxy) is 1. The number of carboxylic acid groups (broad SMARTS) is 1. The van der Waals surface area contributed by atoms with Gasteiger partial charge in [0.25, 0.3) is 0 Å². The van der Waals surface area contributed by atoms with Crippen LogP contribution in [0.2, 0.25) is 0 Å². The Labute approximate surface area is 158 Å². The summed E-state index contributed by atoms with van der Waals surface area (Å²) in [5, 5.41) is 9.08. The number of nitrogens with zero attached hydrogens (tertiary/aromatic N) is 2. The van der Waals surface area contributed by atoms with Gasteiger partial charge in [0.05, 0.1) is 17.9 Å². The first-order valence-electron chi connectivity index (χ1n) is 8.98. The average molecular weight is 396 g/mol. The van der Waals surface area contributed by atoms with Crippen LogP contribution in [0.4, 0.5) is 0 Å². The van der Waals surface area contributed by atoms with E-state index in [9.17, 15) is 18.0 Å². The van der Waals surface area contributed by atoms with E-state index in [0.29, 0.717) is 38.1 Å². The second-order valence-corrected chi connectivity index (χ2v) is 8.89. The Kier molecular flexibility index (Phi) is 5.71. The van der Waals surface area contributed by atoms with Crippen molar-refractivity contribution in [3.05, 3.63) is 24.3 Å². The molecule has 2 fully saturated rings. The summed E-state index contributed by atoms with van der Waals surface area (Å²) in [6, 6.07) is 6.23. The fourth-order valence-corrected chi connectivity index (χ4v) is 5.16. The standard InChI is InChI=1S/C18H24N2O6S/c1-26-15-4-6-16(7-5-15)27(24,25)20-10-8-19(9-11-20)17(21)13-2-3-14(12-13)18(22)23/h4-7,13-14H,2-3,8-12H2,1H3,(H,22,23)/t13-,14+/m1/s1. The van der Waals surface area contributed by atoms with E-state index in [1.165, 1.54) is 23.5 Å². The number of rotatable bonds is 5. The molecule has 0 unspecified atom stereocenters. The van der Waals surface area contributed by atoms with Gasteiger partial charge in [-0.2, -0.15) is 4.31 Å². The highest BCUT2D eigenvalue weighted by Gasteiger charge is 2.37. The highest BCUT2D eigenvalue weighted by atomic mass is 32.2. The summed E-state index contributed by atoms with van der Waals surface area (Å²) in [6.45, 7) is 1.11. The first-order chi connectivity index (χ1) is 12.8. The van der Waals surface area contributed by atoms with Crippen LogP contribution >= 0.6 is 0 Å². The van der Waals surface area contributed by atoms with Gasteiger partial charge < -0.3 is 14.7 Å². The lowest BCUT2D eigenvalue weighted by Crippen LogP contribution is -2.51. The van der Waals surface area contributed by atoms with Crippen LogP contribution in [0.3, 0.4) is 0 Å². The van der Waals surface area contributed by atoms with Crippen LogP contribution in [0.25, 0.3) is 0 Å². The van der Waals surface area contributed by atoms with Crippen molar-refractivity contribution in [1.29, 1.82) is 0 Å². The Balaban J connectivity index is 1.59. The Bertz CT molecular complexity index is 800. The maximum Gasteiger partial charge on any atom is 0.306 e. The van der Waals surface area contributed by atoms with E-state index < -0.39 is 21.9 Å². The van der Waals surface area contributed by atoms with Crippen LogP contribution < -0.4 is 4.74 Å². The van der Waals surface area contributed by atoms with Crippen LogP contribution in [0.1, 0.15) is 19.3 Å². The summed E-state index contributed by atoms with van der Waals surface area (Å²) in [5.74, 6) is -1.03. The van der Waals surface area contributed by atoms with Gasteiger partial charge in [0, 0.05) is 32.1 Å². The minimum Gasteiger partial charge on any atom is -0.497 e. The fraction of sp³-hybridized carbons (Fsp3) is 0.556. The first kappa shape index (κ1) is 19.6. The molecule has 2 aliphatic rings. The lowest BCUT2D eigenvalue weighted by atomic mass is 10.0. The Morgan fingerprint density at radius 1 is 1.04 bits per heavy atom. The molecule has 1 aliphatic heterocycles. The summed E-state index contributed by atoms with van der Waals surface area (Å²) in [7, 11) is -2.10. The molecule has 0 spiro atoms. The maximum atomic E-state index is 12.8. The molecule has 27 heavy (non-hydrogen) atoms. The van der Waals surface area contributed by atoms with Gasteiger partial charge in [-0.25, -0.2) is 8.42 Å². The Hall–Kier alpha value is -2.13. The lowest BCUT2D eigenvalue weighted by Gasteiger charge is -2.35. The Morgan fingerprint density at radius 2 is 1.63 bits per heavy atom. The molecule has 2 atom stereocenters. The molecule has 1 saturated heterocycles. The molecule has 0 bridgehead atoms. The van der Waals surface area contributed by atoms with Crippen molar-refractivity contribution in [2.45, 2.75) is 24.2 Å². The van der Waals surface area contributed by atoms with E-state index in [4.69, 9.17) is 9.84 Å². The van der Waals surface area contributed by atoms with Crippen molar-refractivity contribution in [1.82, 2.24) is 9.21 Å². The van der Waals surface area contributed by atoms with Crippen molar-refractivity contribution in [3.63, 3.8) is 0 Å². The number of hydrogen-bond acceptors (Lipinski definition) is 5. The van der Waals surface area contributed by atoms with Gasteiger partial charge in [-0.05, 0) is 43.5 Å². The minimum atomic E-state index is -3.61. The summed E-state index contributed by atoms with van der Waals surface area (Å²) in [6.07, 6.45) is 1.48. The molecular weight excluding hydrogens is 372 g/mol. The molecule has 1 aliphatic carbocycles. The van der Waals surface area contributed by atoms with E-state index in [-0.39, 0.29) is 29.8 Å². The van der Waals surface area contributed by atoms with Gasteiger partial charge in [-0.1, -0.05) is 0 Å². The van der Waals surface area contributed by atoms with Crippen LogP contribution in [-0.2, 0) is 19.6 Å². The summed E-state index contributed by atoms with van der Waals surface area (Å²) < 4.78 is 31.9. The lowest BCUT2D eigenvalue weighted by molar-refractivity contribution is -0.141. The van der Waals surface area contributed by atoms with E-state index in [1.54, 1.807) is 17.0 Å². The highest BCUT2D eigenvalue weighted by molar-refractivity contribution is 7.89. The van der Waals surface area contributed by atoms with Gasteiger partial charge in [-0.15, -0.1) is 0 Å². The monoisotopic (exact) mass is 396 g/mol. The SMILES string of the molecule is COc1ccc(S(=O)(=O)N2CCN(C(=O)[C@@H]3CC[C@H](C(=O)O)C3)CC2)cc1. The second kappa shape index (κ2) is 7.85. The number of piperazine rings is 1. The molecule has 0 aromatic heterocycles. The van der Waals surface area contributed by atoms with Crippen LogP contribution in [0.15, 0.2) is 29.2 Å². The minimum absolute atomic E-state index is 0.0553. The number of carbonyl (C=O) groups excluding carboxylic acids is 1. The quantitative estimate of drug-likeness (QED) is 0.797. The molecule has 3 rings (SSSR count). The first-order valence-corrected chi connectivity index (χ1v) is 10.4. The third-order valence-electron chi connectivity index (χ3n) is 5.38. The Morgan fingerprint density at radius 3 is 2.15 bits per heavy atom. The molecule has 1 saturated carbocycles. The topological polar surface area (TPSA) is 104 Å². The van der Waals surface area contributed by atoms with Crippen LogP contribution in [0, 0.1) is 11.8 Å². The van der Waals surface area contributed by atoms with Gasteiger partial charge >= 0.3 is 5.97 Å². The molecule has 1 amide bonds. The van der Waals surface area contributed by atoms with Crippen molar-refractivity contribution in [3.8, 4) is 5.75 Å². The molecule has 1 N–H and O–H groups in total. The smallest absolute Gasteiger partial charge is 0.306 e. The third-order valence-corrected chi connectivity index (χ3v) is 7.29. The molecule has 0 radical (unpaired) electrons. The number of hydrogen-bond donors (Lipinski definition) is 1. The maximum absolute atomic E-state index is 12.8. The summed E-state index contributed by atoms with van der Waals surface area (Å²) in [5.41, 5.74) is 0. The van der Waals surface area contributed by atoms with Crippen LogP contribution in [0.5, 0.6) is 5.75 Å². The number of carboxylic acids is 1. The summed E-state index contributed by atoms with van der Waals surface area (Å²) in [4.78, 5) is 25.5. The van der Waals surface area contributed by atoms with E-state index in [2.05, 4.69) is 0 Å². The number of benzene rings is 1. The van der Waals surface area contributed by atoms with Gasteiger partial charge in [0.1, 0.15) is 5.75 Å². The summed E-state index contributed by atoms with van der Waals surface area (Å²) >= 11 is 0. The number of amides is 1. The van der Waals surface area contributed by atoms with Gasteiger partial charge in [0.2, 0.25) is 15.9 Å². The normalized spacial score (nSPS) is 24.0. The molecule has 8 nitrogen and oxygen atoms in total. The fourth-order valence-electron chi connectivity index (χ4n) is 3.73.